The molecule has 0 aliphatic heterocycles. The Labute approximate surface area is 230 Å². The second-order valence-electron chi connectivity index (χ2n) is 9.60. The molecule has 4 rings (SSSR count). The van der Waals surface area contributed by atoms with Crippen molar-refractivity contribution in [3.05, 3.63) is 113 Å². The van der Waals surface area contributed by atoms with Crippen LogP contribution in [0.3, 0.4) is 0 Å². The second-order valence-corrected chi connectivity index (χ2v) is 11.5. The molecule has 0 aliphatic carbocycles. The highest BCUT2D eigenvalue weighted by Gasteiger charge is 2.28. The summed E-state index contributed by atoms with van der Waals surface area (Å²) in [6.45, 7) is 9.49. The van der Waals surface area contributed by atoms with Gasteiger partial charge in [0.1, 0.15) is 6.54 Å². The lowest BCUT2D eigenvalue weighted by Gasteiger charge is -2.25. The van der Waals surface area contributed by atoms with Crippen LogP contribution >= 0.6 is 0 Å². The van der Waals surface area contributed by atoms with Crippen LogP contribution in [0, 0.1) is 27.7 Å². The van der Waals surface area contributed by atoms with Gasteiger partial charge in [-0.05, 0) is 76.1 Å². The number of carbonyl (C=O) groups is 1. The number of nitrogens with one attached hydrogen (secondary N) is 1. The fourth-order valence-electron chi connectivity index (χ4n) is 4.54. The van der Waals surface area contributed by atoms with E-state index in [-0.39, 0.29) is 4.90 Å². The van der Waals surface area contributed by atoms with Crippen molar-refractivity contribution in [2.75, 3.05) is 10.8 Å². The summed E-state index contributed by atoms with van der Waals surface area (Å²) in [7, 11) is -4.00. The molecule has 39 heavy (non-hydrogen) atoms. The molecule has 202 valence electrons. The SMILES string of the molecule is CCc1ccccc1N(CC(=O)N/N=C\c1cc(C)n(-c2ccc(C)cc2)c1C)S(=O)(=O)c1ccc(C)cc1. The van der Waals surface area contributed by atoms with Gasteiger partial charge in [-0.2, -0.15) is 5.10 Å². The minimum absolute atomic E-state index is 0.124. The summed E-state index contributed by atoms with van der Waals surface area (Å²) < 4.78 is 30.7. The van der Waals surface area contributed by atoms with E-state index in [4.69, 9.17) is 0 Å². The van der Waals surface area contributed by atoms with Gasteiger partial charge in [-0.15, -0.1) is 0 Å². The number of sulfonamides is 1. The smallest absolute Gasteiger partial charge is 0.264 e. The molecule has 0 unspecified atom stereocenters. The second kappa shape index (κ2) is 11.7. The summed E-state index contributed by atoms with van der Waals surface area (Å²) in [4.78, 5) is 13.1. The van der Waals surface area contributed by atoms with E-state index < -0.39 is 22.5 Å². The number of aromatic nitrogens is 1. The average molecular weight is 543 g/mol. The molecule has 0 radical (unpaired) electrons. The summed E-state index contributed by atoms with van der Waals surface area (Å²) >= 11 is 0. The molecule has 0 saturated heterocycles. The lowest BCUT2D eigenvalue weighted by atomic mass is 10.1. The predicted octanol–water partition coefficient (Wildman–Crippen LogP) is 5.62. The van der Waals surface area contributed by atoms with Crippen LogP contribution in [0.5, 0.6) is 0 Å². The Kier molecular flexibility index (Phi) is 8.35. The van der Waals surface area contributed by atoms with Crippen molar-refractivity contribution >= 4 is 27.8 Å². The number of hydrogen-bond acceptors (Lipinski definition) is 4. The Hall–Kier alpha value is -4.17. The van der Waals surface area contributed by atoms with E-state index in [0.717, 1.165) is 38.1 Å². The molecule has 8 heteroatoms. The molecule has 1 aromatic heterocycles. The first-order valence-electron chi connectivity index (χ1n) is 12.9. The normalized spacial score (nSPS) is 11.6. The summed E-state index contributed by atoms with van der Waals surface area (Å²) in [6, 6.07) is 24.1. The Balaban J connectivity index is 1.57. The van der Waals surface area contributed by atoms with Gasteiger partial charge in [-0.25, -0.2) is 13.8 Å². The molecule has 1 amide bonds. The average Bonchev–Trinajstić information content (AvgIpc) is 3.20. The van der Waals surface area contributed by atoms with E-state index in [9.17, 15) is 13.2 Å². The van der Waals surface area contributed by atoms with Crippen LogP contribution < -0.4 is 9.73 Å². The molecule has 0 spiro atoms. The lowest BCUT2D eigenvalue weighted by Crippen LogP contribution is -2.40. The van der Waals surface area contributed by atoms with E-state index in [1.54, 1.807) is 42.6 Å². The van der Waals surface area contributed by atoms with Crippen molar-refractivity contribution in [3.63, 3.8) is 0 Å². The van der Waals surface area contributed by atoms with Crippen molar-refractivity contribution in [2.24, 2.45) is 5.10 Å². The van der Waals surface area contributed by atoms with E-state index in [2.05, 4.69) is 39.4 Å². The minimum Gasteiger partial charge on any atom is -0.318 e. The fourth-order valence-corrected chi connectivity index (χ4v) is 6.00. The maximum Gasteiger partial charge on any atom is 0.264 e. The highest BCUT2D eigenvalue weighted by Crippen LogP contribution is 2.27. The van der Waals surface area contributed by atoms with Crippen LogP contribution in [-0.2, 0) is 21.2 Å². The van der Waals surface area contributed by atoms with Crippen molar-refractivity contribution in [1.29, 1.82) is 0 Å². The Morgan fingerprint density at radius 2 is 1.54 bits per heavy atom. The van der Waals surface area contributed by atoms with Gasteiger partial charge in [0.2, 0.25) is 0 Å². The van der Waals surface area contributed by atoms with E-state index in [0.29, 0.717) is 12.1 Å². The van der Waals surface area contributed by atoms with E-state index in [1.165, 1.54) is 5.56 Å². The van der Waals surface area contributed by atoms with Crippen LogP contribution in [0.1, 0.15) is 40.6 Å². The van der Waals surface area contributed by atoms with E-state index in [1.807, 2.05) is 52.8 Å². The molecule has 0 aliphatic rings. The van der Waals surface area contributed by atoms with E-state index >= 15 is 0 Å². The summed E-state index contributed by atoms with van der Waals surface area (Å²) in [5.41, 5.74) is 9.87. The Morgan fingerprint density at radius 1 is 0.923 bits per heavy atom. The Morgan fingerprint density at radius 3 is 2.18 bits per heavy atom. The summed E-state index contributed by atoms with van der Waals surface area (Å²) in [5.74, 6) is -0.541. The first-order valence-corrected chi connectivity index (χ1v) is 14.3. The van der Waals surface area contributed by atoms with Gasteiger partial charge in [0.05, 0.1) is 16.8 Å². The number of carbonyl (C=O) groups excluding carboxylic acids is 1. The first-order chi connectivity index (χ1) is 18.6. The van der Waals surface area contributed by atoms with Crippen molar-refractivity contribution in [2.45, 2.75) is 45.9 Å². The lowest BCUT2D eigenvalue weighted by molar-refractivity contribution is -0.119. The van der Waals surface area contributed by atoms with Gasteiger partial charge >= 0.3 is 0 Å². The number of benzene rings is 3. The summed E-state index contributed by atoms with van der Waals surface area (Å²) in [5, 5.41) is 4.16. The number of rotatable bonds is 9. The topological polar surface area (TPSA) is 83.8 Å². The van der Waals surface area contributed by atoms with Crippen LogP contribution in [0.4, 0.5) is 5.69 Å². The van der Waals surface area contributed by atoms with Gasteiger partial charge in [0, 0.05) is 22.6 Å². The fraction of sp³-hybridized carbons (Fsp3) is 0.226. The zero-order valence-electron chi connectivity index (χ0n) is 23.0. The van der Waals surface area contributed by atoms with Gasteiger partial charge in [-0.3, -0.25) is 9.10 Å². The Bertz CT molecular complexity index is 1600. The maximum absolute atomic E-state index is 13.7. The molecule has 0 fully saturated rings. The molecule has 7 nitrogen and oxygen atoms in total. The van der Waals surface area contributed by atoms with Gasteiger partial charge < -0.3 is 4.57 Å². The van der Waals surface area contributed by atoms with Crippen LogP contribution in [0.2, 0.25) is 0 Å². The summed E-state index contributed by atoms with van der Waals surface area (Å²) in [6.07, 6.45) is 2.20. The van der Waals surface area contributed by atoms with Gasteiger partial charge in [0.15, 0.2) is 0 Å². The predicted molar refractivity (Wildman–Crippen MR) is 157 cm³/mol. The number of hydrazone groups is 1. The largest absolute Gasteiger partial charge is 0.318 e. The standard InChI is InChI=1S/C31H34N4O3S/c1-6-26-9-7-8-10-30(26)34(39(37,38)29-17-13-23(3)14-18-29)21-31(36)33-32-20-27-19-24(4)35(25(27)5)28-15-11-22(2)12-16-28/h7-20H,6,21H2,1-5H3,(H,33,36)/b32-20-. The third-order valence-corrected chi connectivity index (χ3v) is 8.47. The van der Waals surface area contributed by atoms with Crippen LogP contribution in [-0.4, -0.2) is 31.7 Å². The number of hydrogen-bond donors (Lipinski definition) is 1. The van der Waals surface area contributed by atoms with Crippen molar-refractivity contribution in [1.82, 2.24) is 9.99 Å². The minimum atomic E-state index is -4.00. The van der Waals surface area contributed by atoms with Gasteiger partial charge in [-0.1, -0.05) is 60.5 Å². The molecule has 3 aromatic carbocycles. The number of aryl methyl sites for hydroxylation is 4. The number of para-hydroxylation sites is 1. The zero-order valence-corrected chi connectivity index (χ0v) is 23.8. The quantitative estimate of drug-likeness (QED) is 0.220. The number of anilines is 1. The van der Waals surface area contributed by atoms with Crippen molar-refractivity contribution in [3.8, 4) is 5.69 Å². The zero-order chi connectivity index (χ0) is 28.2. The third kappa shape index (κ3) is 6.12. The molecular weight excluding hydrogens is 508 g/mol. The molecule has 1 N–H and O–H groups in total. The molecule has 0 atom stereocenters. The highest BCUT2D eigenvalue weighted by atomic mass is 32.2. The maximum atomic E-state index is 13.7. The molecule has 4 aromatic rings. The molecular formula is C31H34N4O3S. The van der Waals surface area contributed by atoms with Crippen LogP contribution in [0.15, 0.2) is 88.9 Å². The monoisotopic (exact) mass is 542 g/mol. The van der Waals surface area contributed by atoms with Crippen molar-refractivity contribution < 1.29 is 13.2 Å². The number of nitrogens with zero attached hydrogens (tertiary/aromatic N) is 3. The molecule has 0 bridgehead atoms. The molecule has 1 heterocycles. The highest BCUT2D eigenvalue weighted by molar-refractivity contribution is 7.92. The number of amides is 1. The first kappa shape index (κ1) is 27.9. The molecule has 0 saturated carbocycles. The third-order valence-electron chi connectivity index (χ3n) is 6.69. The van der Waals surface area contributed by atoms with Gasteiger partial charge in [0.25, 0.3) is 15.9 Å². The van der Waals surface area contributed by atoms with Crippen LogP contribution in [0.25, 0.3) is 5.69 Å².